The lowest BCUT2D eigenvalue weighted by atomic mass is 10.1. The predicted molar refractivity (Wildman–Crippen MR) is 92.9 cm³/mol. The number of rotatable bonds is 5. The molecule has 3 aromatic rings. The van der Waals surface area contributed by atoms with Gasteiger partial charge in [-0.15, -0.1) is 0 Å². The molecule has 0 aliphatic carbocycles. The van der Waals surface area contributed by atoms with Crippen molar-refractivity contribution in [2.75, 3.05) is 7.05 Å². The SMILES string of the molecule is Cc1ccc(-c2nc(CN(C)Cc3ccc(F)c(F)c3)co2)c(C)c1. The normalized spacial score (nSPS) is 11.3. The minimum Gasteiger partial charge on any atom is -0.444 e. The fourth-order valence-corrected chi connectivity index (χ4v) is 2.84. The maximum Gasteiger partial charge on any atom is 0.226 e. The first-order valence-electron chi connectivity index (χ1n) is 8.07. The minimum absolute atomic E-state index is 0.489. The van der Waals surface area contributed by atoms with E-state index in [1.807, 2.05) is 37.9 Å². The third-order valence-corrected chi connectivity index (χ3v) is 4.03. The highest BCUT2D eigenvalue weighted by Gasteiger charge is 2.12. The van der Waals surface area contributed by atoms with Crippen molar-refractivity contribution in [3.8, 4) is 11.5 Å². The van der Waals surface area contributed by atoms with Gasteiger partial charge in [0.2, 0.25) is 5.89 Å². The molecule has 0 aliphatic heterocycles. The molecular formula is C20H20F2N2O. The first-order chi connectivity index (χ1) is 11.9. The van der Waals surface area contributed by atoms with Crippen molar-refractivity contribution < 1.29 is 13.2 Å². The van der Waals surface area contributed by atoms with E-state index in [0.717, 1.165) is 22.9 Å². The Labute approximate surface area is 145 Å². The summed E-state index contributed by atoms with van der Waals surface area (Å²) in [4.78, 5) is 6.51. The number of nitrogens with zero attached hydrogens (tertiary/aromatic N) is 2. The molecule has 0 aliphatic rings. The summed E-state index contributed by atoms with van der Waals surface area (Å²) in [5, 5.41) is 0. The summed E-state index contributed by atoms with van der Waals surface area (Å²) in [5.41, 5.74) is 4.78. The summed E-state index contributed by atoms with van der Waals surface area (Å²) in [6.07, 6.45) is 1.64. The summed E-state index contributed by atoms with van der Waals surface area (Å²) in [6, 6.07) is 10.1. The van der Waals surface area contributed by atoms with E-state index in [1.54, 1.807) is 12.3 Å². The maximum absolute atomic E-state index is 13.3. The maximum atomic E-state index is 13.3. The van der Waals surface area contributed by atoms with Crippen molar-refractivity contribution >= 4 is 0 Å². The van der Waals surface area contributed by atoms with Crippen LogP contribution >= 0.6 is 0 Å². The van der Waals surface area contributed by atoms with Gasteiger partial charge in [-0.05, 0) is 50.2 Å². The van der Waals surface area contributed by atoms with Crippen LogP contribution in [0.1, 0.15) is 22.4 Å². The zero-order chi connectivity index (χ0) is 18.0. The molecule has 1 heterocycles. The third-order valence-electron chi connectivity index (χ3n) is 4.03. The third kappa shape index (κ3) is 4.12. The molecule has 0 N–H and O–H groups in total. The number of aromatic nitrogens is 1. The number of hydrogen-bond acceptors (Lipinski definition) is 3. The summed E-state index contributed by atoms with van der Waals surface area (Å²) in [7, 11) is 1.90. The van der Waals surface area contributed by atoms with Gasteiger partial charge in [-0.25, -0.2) is 13.8 Å². The van der Waals surface area contributed by atoms with Crippen LogP contribution in [0.4, 0.5) is 8.78 Å². The van der Waals surface area contributed by atoms with Crippen LogP contribution in [0.5, 0.6) is 0 Å². The fraction of sp³-hybridized carbons (Fsp3) is 0.250. The van der Waals surface area contributed by atoms with Crippen LogP contribution in [-0.4, -0.2) is 16.9 Å². The second kappa shape index (κ2) is 7.15. The van der Waals surface area contributed by atoms with Crippen molar-refractivity contribution in [3.63, 3.8) is 0 Å². The van der Waals surface area contributed by atoms with E-state index in [4.69, 9.17) is 4.42 Å². The van der Waals surface area contributed by atoms with E-state index in [1.165, 1.54) is 11.6 Å². The van der Waals surface area contributed by atoms with Crippen LogP contribution in [0.15, 0.2) is 47.1 Å². The molecule has 3 nitrogen and oxygen atoms in total. The van der Waals surface area contributed by atoms with Gasteiger partial charge in [-0.1, -0.05) is 23.8 Å². The summed E-state index contributed by atoms with van der Waals surface area (Å²) in [5.74, 6) is -1.07. The molecule has 0 bridgehead atoms. The molecule has 0 fully saturated rings. The minimum atomic E-state index is -0.832. The number of halogens is 2. The molecule has 2 aromatic carbocycles. The monoisotopic (exact) mass is 342 g/mol. The number of aryl methyl sites for hydroxylation is 2. The van der Waals surface area contributed by atoms with Crippen LogP contribution in [0.2, 0.25) is 0 Å². The van der Waals surface area contributed by atoms with Gasteiger partial charge in [0, 0.05) is 18.7 Å². The smallest absolute Gasteiger partial charge is 0.226 e. The highest BCUT2D eigenvalue weighted by Crippen LogP contribution is 2.24. The van der Waals surface area contributed by atoms with E-state index in [0.29, 0.717) is 24.5 Å². The Hall–Kier alpha value is -2.53. The zero-order valence-corrected chi connectivity index (χ0v) is 14.5. The lowest BCUT2D eigenvalue weighted by Crippen LogP contribution is -2.17. The van der Waals surface area contributed by atoms with Gasteiger partial charge in [0.05, 0.1) is 5.69 Å². The molecule has 0 spiro atoms. The Morgan fingerprint density at radius 2 is 1.80 bits per heavy atom. The highest BCUT2D eigenvalue weighted by atomic mass is 19.2. The molecular weight excluding hydrogens is 322 g/mol. The van der Waals surface area contributed by atoms with Crippen molar-refractivity contribution in [1.82, 2.24) is 9.88 Å². The largest absolute Gasteiger partial charge is 0.444 e. The van der Waals surface area contributed by atoms with Crippen molar-refractivity contribution in [2.45, 2.75) is 26.9 Å². The molecule has 0 saturated carbocycles. The summed E-state index contributed by atoms with van der Waals surface area (Å²) in [6.45, 7) is 5.11. The zero-order valence-electron chi connectivity index (χ0n) is 14.5. The van der Waals surface area contributed by atoms with Gasteiger partial charge in [0.15, 0.2) is 11.6 Å². The molecule has 130 valence electrons. The van der Waals surface area contributed by atoms with E-state index < -0.39 is 11.6 Å². The lowest BCUT2D eigenvalue weighted by Gasteiger charge is -2.15. The molecule has 25 heavy (non-hydrogen) atoms. The standard InChI is InChI=1S/C20H20F2N2O/c1-13-4-6-17(14(2)8-13)20-23-16(12-25-20)11-24(3)10-15-5-7-18(21)19(22)9-15/h4-9,12H,10-11H2,1-3H3. The van der Waals surface area contributed by atoms with Crippen LogP contribution in [0, 0.1) is 25.5 Å². The average Bonchev–Trinajstić information content (AvgIpc) is 2.99. The highest BCUT2D eigenvalue weighted by molar-refractivity contribution is 5.59. The second-order valence-corrected chi connectivity index (χ2v) is 6.38. The lowest BCUT2D eigenvalue weighted by molar-refractivity contribution is 0.314. The van der Waals surface area contributed by atoms with E-state index >= 15 is 0 Å². The van der Waals surface area contributed by atoms with Crippen LogP contribution in [0.25, 0.3) is 11.5 Å². The Morgan fingerprint density at radius 1 is 1.00 bits per heavy atom. The van der Waals surface area contributed by atoms with Gasteiger partial charge in [0.25, 0.3) is 0 Å². The topological polar surface area (TPSA) is 29.3 Å². The Kier molecular flexibility index (Phi) is 4.95. The fourth-order valence-electron chi connectivity index (χ4n) is 2.84. The van der Waals surface area contributed by atoms with E-state index in [2.05, 4.69) is 11.1 Å². The Morgan fingerprint density at radius 3 is 2.52 bits per heavy atom. The second-order valence-electron chi connectivity index (χ2n) is 6.38. The van der Waals surface area contributed by atoms with E-state index in [-0.39, 0.29) is 0 Å². The van der Waals surface area contributed by atoms with Gasteiger partial charge in [-0.3, -0.25) is 4.90 Å². The molecule has 0 unspecified atom stereocenters. The number of hydrogen-bond donors (Lipinski definition) is 0. The molecule has 5 heteroatoms. The first kappa shape index (κ1) is 17.3. The predicted octanol–water partition coefficient (Wildman–Crippen LogP) is 4.87. The van der Waals surface area contributed by atoms with Crippen LogP contribution < -0.4 is 0 Å². The molecule has 0 radical (unpaired) electrons. The van der Waals surface area contributed by atoms with E-state index in [9.17, 15) is 8.78 Å². The Bertz CT molecular complexity index is 889. The molecule has 0 saturated heterocycles. The average molecular weight is 342 g/mol. The van der Waals surface area contributed by atoms with Crippen LogP contribution in [0.3, 0.4) is 0 Å². The van der Waals surface area contributed by atoms with Crippen molar-refractivity contribution in [2.24, 2.45) is 0 Å². The van der Waals surface area contributed by atoms with Crippen molar-refractivity contribution in [3.05, 3.63) is 76.7 Å². The molecule has 0 amide bonds. The number of benzene rings is 2. The van der Waals surface area contributed by atoms with Gasteiger partial charge in [-0.2, -0.15) is 0 Å². The summed E-state index contributed by atoms with van der Waals surface area (Å²) < 4.78 is 31.9. The van der Waals surface area contributed by atoms with Gasteiger partial charge >= 0.3 is 0 Å². The summed E-state index contributed by atoms with van der Waals surface area (Å²) >= 11 is 0. The van der Waals surface area contributed by atoms with Gasteiger partial charge in [0.1, 0.15) is 6.26 Å². The quantitative estimate of drug-likeness (QED) is 0.662. The first-order valence-corrected chi connectivity index (χ1v) is 8.07. The number of oxazole rings is 1. The van der Waals surface area contributed by atoms with Crippen LogP contribution in [-0.2, 0) is 13.1 Å². The van der Waals surface area contributed by atoms with Crippen molar-refractivity contribution in [1.29, 1.82) is 0 Å². The molecule has 3 rings (SSSR count). The molecule has 1 aromatic heterocycles. The van der Waals surface area contributed by atoms with Gasteiger partial charge < -0.3 is 4.42 Å². The molecule has 0 atom stereocenters. The Balaban J connectivity index is 1.69.